The maximum atomic E-state index is 14.2. The molecule has 0 radical (unpaired) electrons. The van der Waals surface area contributed by atoms with Crippen LogP contribution < -0.4 is 4.90 Å². The summed E-state index contributed by atoms with van der Waals surface area (Å²) in [5.41, 5.74) is 3.61. The molecule has 1 aromatic heterocycles. The molecule has 5 nitrogen and oxygen atoms in total. The van der Waals surface area contributed by atoms with E-state index in [1.54, 1.807) is 19.2 Å². The largest absolute Gasteiger partial charge is 0.504 e. The predicted octanol–water partition coefficient (Wildman–Crippen LogP) is 5.91. The number of nitrogens with zero attached hydrogens (tertiary/aromatic N) is 3. The monoisotopic (exact) mass is 481 g/mol. The number of carbonyl (C=O) groups is 1. The molecular formula is C27H29ClFN3O2. The Labute approximate surface area is 204 Å². The molecule has 1 N–H and O–H groups in total. The Balaban J connectivity index is 1.50. The van der Waals surface area contributed by atoms with E-state index in [0.717, 1.165) is 48.1 Å². The third-order valence-corrected chi connectivity index (χ3v) is 7.50. The Morgan fingerprint density at radius 3 is 2.53 bits per heavy atom. The zero-order valence-corrected chi connectivity index (χ0v) is 20.1. The standard InChI is InChI=1S/C27H29ClFN3O2/c1-17(33)22-15-30-25-5-4-19(20-13-23(28)27(34)24(29)14-20)12-21(25)26(22)32-10-6-18(7-11-32)16-31-8-2-3-9-31/h4-5,12-15,18,34H,2-3,6-11,16H2,1H3. The number of hydrogen-bond acceptors (Lipinski definition) is 5. The summed E-state index contributed by atoms with van der Waals surface area (Å²) >= 11 is 6.02. The number of halogens is 2. The molecule has 0 unspecified atom stereocenters. The molecule has 0 aliphatic carbocycles. The van der Waals surface area contributed by atoms with Gasteiger partial charge in [-0.2, -0.15) is 0 Å². The average Bonchev–Trinajstić information content (AvgIpc) is 3.34. The first-order chi connectivity index (χ1) is 16.4. The smallest absolute Gasteiger partial charge is 0.170 e. The predicted molar refractivity (Wildman–Crippen MR) is 134 cm³/mol. The molecule has 0 bridgehead atoms. The number of fused-ring (bicyclic) bond motifs is 1. The van der Waals surface area contributed by atoms with Crippen LogP contribution in [0.2, 0.25) is 5.02 Å². The van der Waals surface area contributed by atoms with E-state index in [0.29, 0.717) is 17.0 Å². The summed E-state index contributed by atoms with van der Waals surface area (Å²) in [7, 11) is 0. The molecule has 178 valence electrons. The van der Waals surface area contributed by atoms with Crippen LogP contribution in [0.25, 0.3) is 22.0 Å². The van der Waals surface area contributed by atoms with E-state index in [2.05, 4.69) is 14.8 Å². The van der Waals surface area contributed by atoms with Crippen molar-refractivity contribution in [1.29, 1.82) is 0 Å². The minimum Gasteiger partial charge on any atom is -0.504 e. The van der Waals surface area contributed by atoms with Crippen LogP contribution >= 0.6 is 11.6 Å². The molecular weight excluding hydrogens is 453 g/mol. The fourth-order valence-electron chi connectivity index (χ4n) is 5.36. The molecule has 7 heteroatoms. The van der Waals surface area contributed by atoms with Gasteiger partial charge in [-0.1, -0.05) is 17.7 Å². The summed E-state index contributed by atoms with van der Waals surface area (Å²) in [5.74, 6) is -0.656. The highest BCUT2D eigenvalue weighted by Gasteiger charge is 2.26. The second-order valence-corrected chi connectivity index (χ2v) is 9.94. The first-order valence-electron chi connectivity index (χ1n) is 12.0. The van der Waals surface area contributed by atoms with Gasteiger partial charge in [-0.25, -0.2) is 4.39 Å². The number of likely N-dealkylation sites (tertiary alicyclic amines) is 1. The van der Waals surface area contributed by atoms with Crippen molar-refractivity contribution in [2.24, 2.45) is 5.92 Å². The van der Waals surface area contributed by atoms with Gasteiger partial charge in [-0.05, 0) is 87.0 Å². The number of piperidine rings is 1. The number of aromatic hydroxyl groups is 1. The fraction of sp³-hybridized carbons (Fsp3) is 0.407. The Hall–Kier alpha value is -2.70. The average molecular weight is 482 g/mol. The van der Waals surface area contributed by atoms with Crippen LogP contribution in [-0.4, -0.2) is 53.5 Å². The molecule has 0 amide bonds. The van der Waals surface area contributed by atoms with Crippen molar-refractivity contribution in [2.45, 2.75) is 32.6 Å². The van der Waals surface area contributed by atoms with Crippen LogP contribution in [0.4, 0.5) is 10.1 Å². The maximum absolute atomic E-state index is 14.2. The minimum atomic E-state index is -0.765. The van der Waals surface area contributed by atoms with E-state index in [-0.39, 0.29) is 10.8 Å². The second kappa shape index (κ2) is 9.51. The van der Waals surface area contributed by atoms with Crippen LogP contribution in [0.1, 0.15) is 43.0 Å². The van der Waals surface area contributed by atoms with Crippen LogP contribution in [0.15, 0.2) is 36.5 Å². The maximum Gasteiger partial charge on any atom is 0.170 e. The molecule has 2 aromatic carbocycles. The van der Waals surface area contributed by atoms with Crippen molar-refractivity contribution in [2.75, 3.05) is 37.6 Å². The second-order valence-electron chi connectivity index (χ2n) is 9.54. The Bertz CT molecular complexity index is 1210. The van der Waals surface area contributed by atoms with E-state index in [9.17, 15) is 14.3 Å². The van der Waals surface area contributed by atoms with E-state index < -0.39 is 11.6 Å². The summed E-state index contributed by atoms with van der Waals surface area (Å²) in [4.78, 5) is 22.0. The Kier molecular flexibility index (Phi) is 6.45. The summed E-state index contributed by atoms with van der Waals surface area (Å²) in [5, 5.41) is 10.5. The number of Topliss-reactive ketones (excluding diaryl/α,β-unsaturated/α-hetero) is 1. The molecule has 0 atom stereocenters. The van der Waals surface area contributed by atoms with E-state index in [4.69, 9.17) is 11.6 Å². The quantitative estimate of drug-likeness (QED) is 0.459. The highest BCUT2D eigenvalue weighted by molar-refractivity contribution is 6.32. The molecule has 3 aromatic rings. The van der Waals surface area contributed by atoms with Gasteiger partial charge in [-0.15, -0.1) is 0 Å². The van der Waals surface area contributed by atoms with Crippen molar-refractivity contribution in [3.63, 3.8) is 0 Å². The van der Waals surface area contributed by atoms with Crippen LogP contribution in [0.5, 0.6) is 5.75 Å². The number of anilines is 1. The Morgan fingerprint density at radius 2 is 1.85 bits per heavy atom. The van der Waals surface area contributed by atoms with Crippen molar-refractivity contribution in [3.05, 3.63) is 52.9 Å². The Morgan fingerprint density at radius 1 is 1.12 bits per heavy atom. The normalized spacial score (nSPS) is 17.6. The highest BCUT2D eigenvalue weighted by Crippen LogP contribution is 2.37. The molecule has 0 spiro atoms. The lowest BCUT2D eigenvalue weighted by Gasteiger charge is -2.36. The molecule has 34 heavy (non-hydrogen) atoms. The lowest BCUT2D eigenvalue weighted by atomic mass is 9.94. The molecule has 2 aliphatic rings. The zero-order valence-electron chi connectivity index (χ0n) is 19.4. The first-order valence-corrected chi connectivity index (χ1v) is 12.4. The number of ketones is 1. The van der Waals surface area contributed by atoms with E-state index in [1.165, 1.54) is 38.5 Å². The van der Waals surface area contributed by atoms with Gasteiger partial charge in [0.1, 0.15) is 0 Å². The van der Waals surface area contributed by atoms with Crippen LogP contribution in [-0.2, 0) is 0 Å². The molecule has 3 heterocycles. The summed E-state index contributed by atoms with van der Waals surface area (Å²) < 4.78 is 14.2. The van der Waals surface area contributed by atoms with Gasteiger partial charge >= 0.3 is 0 Å². The fourth-order valence-corrected chi connectivity index (χ4v) is 5.57. The number of hydrogen-bond donors (Lipinski definition) is 1. The van der Waals surface area contributed by atoms with Gasteiger partial charge in [-0.3, -0.25) is 9.78 Å². The van der Waals surface area contributed by atoms with Gasteiger partial charge in [0.05, 0.1) is 21.8 Å². The van der Waals surface area contributed by atoms with Gasteiger partial charge < -0.3 is 14.9 Å². The van der Waals surface area contributed by atoms with Gasteiger partial charge in [0.2, 0.25) is 0 Å². The number of aromatic nitrogens is 1. The van der Waals surface area contributed by atoms with Crippen LogP contribution in [0, 0.1) is 11.7 Å². The van der Waals surface area contributed by atoms with E-state index in [1.807, 2.05) is 18.2 Å². The number of phenols is 1. The number of carbonyl (C=O) groups excluding carboxylic acids is 1. The molecule has 5 rings (SSSR count). The van der Waals surface area contributed by atoms with E-state index >= 15 is 0 Å². The molecule has 0 saturated carbocycles. The molecule has 2 fully saturated rings. The summed E-state index contributed by atoms with van der Waals surface area (Å²) in [6.07, 6.45) is 6.48. The molecule has 2 saturated heterocycles. The number of phenolic OH excluding ortho intramolecular Hbond substituents is 1. The first kappa shape index (κ1) is 23.1. The van der Waals surface area contributed by atoms with Gasteiger partial charge in [0.15, 0.2) is 17.3 Å². The van der Waals surface area contributed by atoms with Crippen LogP contribution in [0.3, 0.4) is 0 Å². The third kappa shape index (κ3) is 4.49. The number of pyridine rings is 1. The van der Waals surface area contributed by atoms with Crippen molar-refractivity contribution < 1.29 is 14.3 Å². The lowest BCUT2D eigenvalue weighted by molar-refractivity contribution is 0.101. The summed E-state index contributed by atoms with van der Waals surface area (Å²) in [6.45, 7) is 6.96. The lowest BCUT2D eigenvalue weighted by Crippen LogP contribution is -2.38. The summed E-state index contributed by atoms with van der Waals surface area (Å²) in [6, 6.07) is 8.51. The number of rotatable bonds is 5. The SMILES string of the molecule is CC(=O)c1cnc2ccc(-c3cc(F)c(O)c(Cl)c3)cc2c1N1CCC(CN2CCCC2)CC1. The third-order valence-electron chi connectivity index (χ3n) is 7.21. The van der Waals surface area contributed by atoms with Crippen molar-refractivity contribution >= 4 is 34.0 Å². The van der Waals surface area contributed by atoms with Crippen molar-refractivity contribution in [3.8, 4) is 16.9 Å². The van der Waals surface area contributed by atoms with Gasteiger partial charge in [0, 0.05) is 31.2 Å². The minimum absolute atomic E-state index is 0.0206. The number of benzene rings is 2. The van der Waals surface area contributed by atoms with Gasteiger partial charge in [0.25, 0.3) is 0 Å². The highest BCUT2D eigenvalue weighted by atomic mass is 35.5. The topological polar surface area (TPSA) is 56.7 Å². The molecule has 2 aliphatic heterocycles. The zero-order chi connectivity index (χ0) is 23.8. The van der Waals surface area contributed by atoms with Crippen molar-refractivity contribution in [1.82, 2.24) is 9.88 Å².